The predicted molar refractivity (Wildman–Crippen MR) is 109 cm³/mol. The highest BCUT2D eigenvalue weighted by Crippen LogP contribution is 2.22. The number of fused-ring (bicyclic) bond motifs is 1. The molecule has 0 unspecified atom stereocenters. The number of nitrogens with zero attached hydrogens (tertiary/aromatic N) is 1. The van der Waals surface area contributed by atoms with Gasteiger partial charge < -0.3 is 10.3 Å². The van der Waals surface area contributed by atoms with E-state index < -0.39 is 0 Å². The highest BCUT2D eigenvalue weighted by molar-refractivity contribution is 6.10. The quantitative estimate of drug-likeness (QED) is 0.628. The van der Waals surface area contributed by atoms with E-state index in [1.165, 1.54) is 0 Å². The number of amides is 1. The van der Waals surface area contributed by atoms with Gasteiger partial charge in [-0.3, -0.25) is 14.5 Å². The highest BCUT2D eigenvalue weighted by atomic mass is 16.2. The molecule has 3 rings (SSSR count). The summed E-state index contributed by atoms with van der Waals surface area (Å²) in [7, 11) is 1.79. The Balaban J connectivity index is 1.64. The fourth-order valence-electron chi connectivity index (χ4n) is 3.40. The van der Waals surface area contributed by atoms with Crippen LogP contribution in [0.15, 0.2) is 48.5 Å². The number of ketones is 1. The van der Waals surface area contributed by atoms with Crippen molar-refractivity contribution in [1.82, 2.24) is 9.88 Å². The number of para-hydroxylation sites is 2. The minimum atomic E-state index is -0.123. The number of H-pyrrole nitrogens is 1. The number of hydrogen-bond acceptors (Lipinski definition) is 3. The van der Waals surface area contributed by atoms with Crippen molar-refractivity contribution in [2.45, 2.75) is 20.3 Å². The summed E-state index contributed by atoms with van der Waals surface area (Å²) in [6.45, 7) is 4.30. The van der Waals surface area contributed by atoms with Gasteiger partial charge in [0.05, 0.1) is 13.1 Å². The van der Waals surface area contributed by atoms with E-state index in [0.29, 0.717) is 5.56 Å². The van der Waals surface area contributed by atoms with Crippen molar-refractivity contribution in [2.24, 2.45) is 0 Å². The smallest absolute Gasteiger partial charge is 0.238 e. The van der Waals surface area contributed by atoms with Gasteiger partial charge >= 0.3 is 0 Å². The second kappa shape index (κ2) is 8.18. The molecule has 5 heteroatoms. The number of carbonyl (C=O) groups excluding carboxylic acids is 2. The summed E-state index contributed by atoms with van der Waals surface area (Å²) in [6, 6.07) is 15.5. The monoisotopic (exact) mass is 363 g/mol. The van der Waals surface area contributed by atoms with E-state index in [1.807, 2.05) is 55.5 Å². The van der Waals surface area contributed by atoms with Crippen molar-refractivity contribution in [2.75, 3.05) is 25.5 Å². The van der Waals surface area contributed by atoms with Crippen molar-refractivity contribution in [1.29, 1.82) is 0 Å². The molecule has 1 aromatic heterocycles. The molecule has 0 aliphatic heterocycles. The minimum Gasteiger partial charge on any atom is -0.358 e. The highest BCUT2D eigenvalue weighted by Gasteiger charge is 2.18. The molecule has 0 aliphatic carbocycles. The van der Waals surface area contributed by atoms with Crippen LogP contribution in [-0.2, 0) is 11.2 Å². The number of aromatic nitrogens is 1. The van der Waals surface area contributed by atoms with E-state index in [4.69, 9.17) is 0 Å². The van der Waals surface area contributed by atoms with Gasteiger partial charge in [-0.1, -0.05) is 43.3 Å². The molecular weight excluding hydrogens is 338 g/mol. The molecule has 3 aromatic rings. The molecule has 0 atom stereocenters. The van der Waals surface area contributed by atoms with E-state index >= 15 is 0 Å². The molecule has 140 valence electrons. The third kappa shape index (κ3) is 4.26. The van der Waals surface area contributed by atoms with Crippen LogP contribution in [0, 0.1) is 6.92 Å². The van der Waals surface area contributed by atoms with Crippen LogP contribution in [0.3, 0.4) is 0 Å². The number of aromatic amines is 1. The Bertz CT molecular complexity index is 975. The summed E-state index contributed by atoms with van der Waals surface area (Å²) >= 11 is 0. The summed E-state index contributed by atoms with van der Waals surface area (Å²) < 4.78 is 0. The van der Waals surface area contributed by atoms with Crippen LogP contribution in [0.4, 0.5) is 5.69 Å². The largest absolute Gasteiger partial charge is 0.358 e. The van der Waals surface area contributed by atoms with Crippen LogP contribution < -0.4 is 5.32 Å². The minimum absolute atomic E-state index is 0.00853. The molecule has 0 radical (unpaired) electrons. The first-order valence-electron chi connectivity index (χ1n) is 9.16. The summed E-state index contributed by atoms with van der Waals surface area (Å²) in [5.74, 6) is -0.115. The Labute approximate surface area is 159 Å². The number of benzene rings is 2. The Hall–Kier alpha value is -2.92. The number of hydrogen-bond donors (Lipinski definition) is 2. The molecule has 0 saturated heterocycles. The number of Topliss-reactive ketones (excluding diaryl/α,β-unsaturated/α-hetero) is 1. The number of anilines is 1. The zero-order chi connectivity index (χ0) is 19.4. The first-order valence-corrected chi connectivity index (χ1v) is 9.16. The zero-order valence-corrected chi connectivity index (χ0v) is 16.0. The van der Waals surface area contributed by atoms with Crippen LogP contribution in [-0.4, -0.2) is 41.7 Å². The molecule has 5 nitrogen and oxygen atoms in total. The Morgan fingerprint density at radius 1 is 1.04 bits per heavy atom. The topological polar surface area (TPSA) is 65.2 Å². The molecular formula is C22H25N3O2. The van der Waals surface area contributed by atoms with Gasteiger partial charge in [-0.15, -0.1) is 0 Å². The van der Waals surface area contributed by atoms with Crippen molar-refractivity contribution >= 4 is 28.3 Å². The number of likely N-dealkylation sites (N-methyl/N-ethyl adjacent to an activating group) is 1. The third-order valence-corrected chi connectivity index (χ3v) is 4.67. The van der Waals surface area contributed by atoms with E-state index in [9.17, 15) is 9.59 Å². The molecule has 2 N–H and O–H groups in total. The van der Waals surface area contributed by atoms with Gasteiger partial charge in [0.15, 0.2) is 5.78 Å². The van der Waals surface area contributed by atoms with E-state index in [-0.39, 0.29) is 24.8 Å². The van der Waals surface area contributed by atoms with E-state index in [2.05, 4.69) is 17.2 Å². The van der Waals surface area contributed by atoms with Gasteiger partial charge in [0.2, 0.25) is 5.91 Å². The van der Waals surface area contributed by atoms with Crippen molar-refractivity contribution in [3.63, 3.8) is 0 Å². The lowest BCUT2D eigenvalue weighted by Crippen LogP contribution is -2.34. The number of aryl methyl sites for hydroxylation is 2. The van der Waals surface area contributed by atoms with Crippen LogP contribution in [0.2, 0.25) is 0 Å². The van der Waals surface area contributed by atoms with Gasteiger partial charge in [0.1, 0.15) is 0 Å². The maximum Gasteiger partial charge on any atom is 0.238 e. The molecule has 0 spiro atoms. The second-order valence-electron chi connectivity index (χ2n) is 6.82. The van der Waals surface area contributed by atoms with Gasteiger partial charge in [0.25, 0.3) is 0 Å². The number of nitrogens with one attached hydrogen (secondary N) is 2. The normalized spacial score (nSPS) is 11.1. The number of rotatable bonds is 7. The first kappa shape index (κ1) is 18.9. The van der Waals surface area contributed by atoms with Crippen LogP contribution in [0.1, 0.15) is 28.5 Å². The molecule has 0 fully saturated rings. The summed E-state index contributed by atoms with van der Waals surface area (Å²) in [5.41, 5.74) is 4.44. The van der Waals surface area contributed by atoms with Crippen LogP contribution in [0.25, 0.3) is 10.9 Å². The fourth-order valence-corrected chi connectivity index (χ4v) is 3.40. The van der Waals surface area contributed by atoms with E-state index in [0.717, 1.165) is 34.3 Å². The first-order chi connectivity index (χ1) is 13.0. The standard InChI is InChI=1S/C22H25N3O2/c1-4-16-9-5-7-11-18(16)24-21(27)14-25(3)13-20(26)22-15(2)23-19-12-8-6-10-17(19)22/h5-12,23H,4,13-14H2,1-3H3,(H,24,27). The van der Waals surface area contributed by atoms with Crippen LogP contribution >= 0.6 is 0 Å². The molecule has 1 heterocycles. The lowest BCUT2D eigenvalue weighted by atomic mass is 10.1. The van der Waals surface area contributed by atoms with Gasteiger partial charge in [-0.05, 0) is 38.1 Å². The summed E-state index contributed by atoms with van der Waals surface area (Å²) in [6.07, 6.45) is 0.852. The lowest BCUT2D eigenvalue weighted by molar-refractivity contribution is -0.116. The fraction of sp³-hybridized carbons (Fsp3) is 0.273. The van der Waals surface area contributed by atoms with Gasteiger partial charge in [0, 0.05) is 27.8 Å². The maximum atomic E-state index is 12.8. The van der Waals surface area contributed by atoms with Crippen molar-refractivity contribution in [3.05, 3.63) is 65.4 Å². The average molecular weight is 363 g/mol. The Morgan fingerprint density at radius 2 is 1.74 bits per heavy atom. The molecule has 27 heavy (non-hydrogen) atoms. The Kier molecular flexibility index (Phi) is 5.72. The average Bonchev–Trinajstić information content (AvgIpc) is 2.97. The van der Waals surface area contributed by atoms with E-state index in [1.54, 1.807) is 11.9 Å². The van der Waals surface area contributed by atoms with Gasteiger partial charge in [-0.2, -0.15) is 0 Å². The third-order valence-electron chi connectivity index (χ3n) is 4.67. The molecule has 0 saturated carbocycles. The molecule has 1 amide bonds. The molecule has 0 bridgehead atoms. The summed E-state index contributed by atoms with van der Waals surface area (Å²) in [4.78, 5) is 30.2. The maximum absolute atomic E-state index is 12.8. The zero-order valence-electron chi connectivity index (χ0n) is 16.0. The Morgan fingerprint density at radius 3 is 2.52 bits per heavy atom. The second-order valence-corrected chi connectivity index (χ2v) is 6.82. The summed E-state index contributed by atoms with van der Waals surface area (Å²) in [5, 5.41) is 3.87. The predicted octanol–water partition coefficient (Wildman–Crippen LogP) is 3.79. The lowest BCUT2D eigenvalue weighted by Gasteiger charge is -2.16. The van der Waals surface area contributed by atoms with Crippen molar-refractivity contribution < 1.29 is 9.59 Å². The molecule has 0 aliphatic rings. The molecule has 2 aromatic carbocycles. The van der Waals surface area contributed by atoms with Crippen LogP contribution in [0.5, 0.6) is 0 Å². The van der Waals surface area contributed by atoms with Crippen molar-refractivity contribution in [3.8, 4) is 0 Å². The number of carbonyl (C=O) groups is 2. The SMILES string of the molecule is CCc1ccccc1NC(=O)CN(C)CC(=O)c1c(C)[nH]c2ccccc12. The van der Waals surface area contributed by atoms with Gasteiger partial charge in [-0.25, -0.2) is 0 Å².